The molecule has 0 radical (unpaired) electrons. The van der Waals surface area contributed by atoms with Crippen LogP contribution >= 0.6 is 0 Å². The summed E-state index contributed by atoms with van der Waals surface area (Å²) in [6, 6.07) is 0. The van der Waals surface area contributed by atoms with E-state index in [0.29, 0.717) is 6.42 Å². The lowest BCUT2D eigenvalue weighted by atomic mass is 10.0. The summed E-state index contributed by atoms with van der Waals surface area (Å²) >= 11 is 0. The number of unbranched alkanes of at least 4 members (excludes halogenated alkanes) is 27. The average Bonchev–Trinajstić information content (AvgIpc) is 2.91. The number of hydrogen-bond acceptors (Lipinski definition) is 2. The number of carbonyl (C=O) groups is 1. The predicted octanol–water partition coefficient (Wildman–Crippen LogP) is 12.4. The molecule has 0 aromatic heterocycles. The molecule has 39 heavy (non-hydrogen) atoms. The van der Waals surface area contributed by atoms with Gasteiger partial charge in [-0.1, -0.05) is 187 Å². The zero-order chi connectivity index (χ0) is 29.1. The Balaban J connectivity index is 0. The van der Waals surface area contributed by atoms with Gasteiger partial charge < -0.3 is 10.0 Å². The van der Waals surface area contributed by atoms with Crippen molar-refractivity contribution >= 4 is 5.97 Å². The highest BCUT2D eigenvalue weighted by Crippen LogP contribution is 2.14. The monoisotopic (exact) mass is 554 g/mol. The second kappa shape index (κ2) is 37.4. The lowest BCUT2D eigenvalue weighted by Gasteiger charge is -2.08. The van der Waals surface area contributed by atoms with Gasteiger partial charge in [-0.25, -0.2) is 0 Å². The van der Waals surface area contributed by atoms with Crippen LogP contribution in [0.5, 0.6) is 0 Å². The van der Waals surface area contributed by atoms with Crippen molar-refractivity contribution < 1.29 is 9.90 Å². The smallest absolute Gasteiger partial charge is 0.303 e. The maximum absolute atomic E-state index is 10.3. The molecule has 236 valence electrons. The fourth-order valence-electron chi connectivity index (χ4n) is 5.27. The van der Waals surface area contributed by atoms with Crippen LogP contribution in [0.15, 0.2) is 0 Å². The first-order valence-corrected chi connectivity index (χ1v) is 17.9. The zero-order valence-electron chi connectivity index (χ0n) is 27.7. The van der Waals surface area contributed by atoms with Crippen molar-refractivity contribution in [1.82, 2.24) is 4.90 Å². The molecule has 0 unspecified atom stereocenters. The van der Waals surface area contributed by atoms with Crippen LogP contribution in [0.4, 0.5) is 0 Å². The minimum Gasteiger partial charge on any atom is -0.481 e. The molecule has 0 fully saturated rings. The summed E-state index contributed by atoms with van der Waals surface area (Å²) < 4.78 is 0. The standard InChI is InChI=1S/C20H43N.C16H32O2/c1-4-5-6-7-8-9-10-11-12-13-14-15-16-17-18-19-20-21(2)3;1-2-3-4-5-6-7-8-9-10-11-12-13-14-15-16(17)18/h4-20H2,1-3H3;2-15H2,1H3,(H,17,18). The van der Waals surface area contributed by atoms with E-state index in [1.807, 2.05) is 0 Å². The molecular formula is C36H75NO2. The molecule has 0 bridgehead atoms. The molecule has 0 amide bonds. The van der Waals surface area contributed by atoms with E-state index in [4.69, 9.17) is 5.11 Å². The van der Waals surface area contributed by atoms with Crippen molar-refractivity contribution in [3.05, 3.63) is 0 Å². The number of carboxylic acid groups (broad SMARTS) is 1. The number of nitrogens with zero attached hydrogens (tertiary/aromatic N) is 1. The topological polar surface area (TPSA) is 40.5 Å². The number of carboxylic acids is 1. The van der Waals surface area contributed by atoms with E-state index >= 15 is 0 Å². The molecule has 3 heteroatoms. The molecule has 0 spiro atoms. The van der Waals surface area contributed by atoms with Crippen molar-refractivity contribution in [2.24, 2.45) is 0 Å². The summed E-state index contributed by atoms with van der Waals surface area (Å²) in [5, 5.41) is 8.49. The largest absolute Gasteiger partial charge is 0.481 e. The molecule has 1 N–H and O–H groups in total. The molecule has 0 aromatic rings. The van der Waals surface area contributed by atoms with E-state index in [9.17, 15) is 4.79 Å². The van der Waals surface area contributed by atoms with Crippen molar-refractivity contribution in [2.45, 2.75) is 206 Å². The van der Waals surface area contributed by atoms with Crippen LogP contribution in [0.2, 0.25) is 0 Å². The molecule has 0 aliphatic carbocycles. The van der Waals surface area contributed by atoms with Crippen LogP contribution in [0, 0.1) is 0 Å². The summed E-state index contributed by atoms with van der Waals surface area (Å²) in [5.41, 5.74) is 0. The molecule has 0 heterocycles. The maximum atomic E-state index is 10.3. The van der Waals surface area contributed by atoms with Gasteiger partial charge in [0, 0.05) is 6.42 Å². The SMILES string of the molecule is CCCCCCCCCCCCCCCC(=O)O.CCCCCCCCCCCCCCCCCCN(C)C. The Morgan fingerprint density at radius 2 is 0.641 bits per heavy atom. The predicted molar refractivity (Wildman–Crippen MR) is 176 cm³/mol. The first-order chi connectivity index (χ1) is 19.0. The quantitative estimate of drug-likeness (QED) is 0.0868. The van der Waals surface area contributed by atoms with Gasteiger partial charge >= 0.3 is 5.97 Å². The fourth-order valence-corrected chi connectivity index (χ4v) is 5.27. The van der Waals surface area contributed by atoms with E-state index in [1.54, 1.807) is 0 Å². The van der Waals surface area contributed by atoms with E-state index < -0.39 is 5.97 Å². The van der Waals surface area contributed by atoms with Crippen LogP contribution < -0.4 is 0 Å². The first-order valence-electron chi connectivity index (χ1n) is 17.9. The van der Waals surface area contributed by atoms with E-state index in [2.05, 4.69) is 32.8 Å². The van der Waals surface area contributed by atoms with Gasteiger partial charge in [0.15, 0.2) is 0 Å². The highest BCUT2D eigenvalue weighted by Gasteiger charge is 1.97. The summed E-state index contributed by atoms with van der Waals surface area (Å²) in [4.78, 5) is 12.6. The lowest BCUT2D eigenvalue weighted by Crippen LogP contribution is -2.12. The summed E-state index contributed by atoms with van der Waals surface area (Å²) in [6.45, 7) is 5.82. The van der Waals surface area contributed by atoms with Gasteiger partial charge in [-0.05, 0) is 33.5 Å². The normalized spacial score (nSPS) is 11.1. The van der Waals surface area contributed by atoms with Gasteiger partial charge in [-0.15, -0.1) is 0 Å². The molecule has 0 saturated heterocycles. The van der Waals surface area contributed by atoms with Crippen LogP contribution in [0.25, 0.3) is 0 Å². The minimum absolute atomic E-state index is 0.345. The third-order valence-electron chi connectivity index (χ3n) is 7.95. The molecular weight excluding hydrogens is 478 g/mol. The fraction of sp³-hybridized carbons (Fsp3) is 0.972. The molecule has 0 aliphatic heterocycles. The van der Waals surface area contributed by atoms with Crippen molar-refractivity contribution in [3.8, 4) is 0 Å². The number of aliphatic carboxylic acids is 1. The Morgan fingerprint density at radius 3 is 0.872 bits per heavy atom. The molecule has 0 rings (SSSR count). The van der Waals surface area contributed by atoms with Crippen molar-refractivity contribution in [2.75, 3.05) is 20.6 Å². The van der Waals surface area contributed by atoms with E-state index in [-0.39, 0.29) is 0 Å². The summed E-state index contributed by atoms with van der Waals surface area (Å²) in [7, 11) is 4.34. The van der Waals surface area contributed by atoms with Gasteiger partial charge in [0.1, 0.15) is 0 Å². The molecule has 0 aromatic carbocycles. The number of hydrogen-bond donors (Lipinski definition) is 1. The van der Waals surface area contributed by atoms with E-state index in [0.717, 1.165) is 12.8 Å². The second-order valence-corrected chi connectivity index (χ2v) is 12.5. The first kappa shape index (κ1) is 40.6. The minimum atomic E-state index is -0.655. The van der Waals surface area contributed by atoms with Gasteiger partial charge in [0.25, 0.3) is 0 Å². The second-order valence-electron chi connectivity index (χ2n) is 12.5. The zero-order valence-corrected chi connectivity index (χ0v) is 27.7. The van der Waals surface area contributed by atoms with Crippen molar-refractivity contribution in [3.63, 3.8) is 0 Å². The Labute approximate surface area is 247 Å². The lowest BCUT2D eigenvalue weighted by molar-refractivity contribution is -0.137. The van der Waals surface area contributed by atoms with Crippen LogP contribution in [-0.2, 0) is 4.79 Å². The van der Waals surface area contributed by atoms with Gasteiger partial charge in [-0.3, -0.25) is 4.79 Å². The summed E-state index contributed by atoms with van der Waals surface area (Å²) in [6.07, 6.45) is 40.6. The van der Waals surface area contributed by atoms with E-state index in [1.165, 1.54) is 180 Å². The molecule has 0 atom stereocenters. The Bertz CT molecular complexity index is 438. The van der Waals surface area contributed by atoms with Crippen molar-refractivity contribution in [1.29, 1.82) is 0 Å². The van der Waals surface area contributed by atoms with Gasteiger partial charge in [0.05, 0.1) is 0 Å². The summed E-state index contributed by atoms with van der Waals surface area (Å²) in [5.74, 6) is -0.655. The van der Waals surface area contributed by atoms with Crippen LogP contribution in [0.1, 0.15) is 206 Å². The Kier molecular flexibility index (Phi) is 38.9. The number of rotatable bonds is 31. The Hall–Kier alpha value is -0.570. The molecule has 3 nitrogen and oxygen atoms in total. The molecule has 0 saturated carbocycles. The average molecular weight is 554 g/mol. The molecule has 0 aliphatic rings. The third kappa shape index (κ3) is 44.7. The third-order valence-corrected chi connectivity index (χ3v) is 7.95. The highest BCUT2D eigenvalue weighted by molar-refractivity contribution is 5.66. The highest BCUT2D eigenvalue weighted by atomic mass is 16.4. The van der Waals surface area contributed by atoms with Crippen LogP contribution in [0.3, 0.4) is 0 Å². The van der Waals surface area contributed by atoms with Gasteiger partial charge in [0.2, 0.25) is 0 Å². The van der Waals surface area contributed by atoms with Gasteiger partial charge in [-0.2, -0.15) is 0 Å². The maximum Gasteiger partial charge on any atom is 0.303 e. The van der Waals surface area contributed by atoms with Crippen LogP contribution in [-0.4, -0.2) is 36.6 Å². The Morgan fingerprint density at radius 1 is 0.410 bits per heavy atom.